The standard InChI is InChI=1S/C13H19NO4/c1-9-6-11(16)13(17)12(18-9)7-14-4-2-10(8-15)3-5-14/h6,10,15,17H,2-5,7-8H2,1H3. The highest BCUT2D eigenvalue weighted by atomic mass is 16.4. The second kappa shape index (κ2) is 5.54. The van der Waals surface area contributed by atoms with Crippen LogP contribution in [0.25, 0.3) is 0 Å². The Bertz CT molecular complexity index is 461. The van der Waals surface area contributed by atoms with E-state index in [0.29, 0.717) is 24.0 Å². The molecule has 2 heterocycles. The van der Waals surface area contributed by atoms with Gasteiger partial charge in [-0.3, -0.25) is 9.69 Å². The molecule has 1 aromatic rings. The molecule has 0 spiro atoms. The van der Waals surface area contributed by atoms with Gasteiger partial charge < -0.3 is 14.6 Å². The van der Waals surface area contributed by atoms with E-state index in [-0.39, 0.29) is 17.8 Å². The Labute approximate surface area is 106 Å². The van der Waals surface area contributed by atoms with Gasteiger partial charge >= 0.3 is 0 Å². The van der Waals surface area contributed by atoms with E-state index >= 15 is 0 Å². The number of aliphatic hydroxyl groups is 1. The maximum Gasteiger partial charge on any atom is 0.227 e. The van der Waals surface area contributed by atoms with Gasteiger partial charge in [-0.25, -0.2) is 0 Å². The number of hydrogen-bond donors (Lipinski definition) is 2. The van der Waals surface area contributed by atoms with E-state index in [1.165, 1.54) is 6.07 Å². The summed E-state index contributed by atoms with van der Waals surface area (Å²) in [5.41, 5.74) is -0.390. The maximum absolute atomic E-state index is 11.4. The predicted molar refractivity (Wildman–Crippen MR) is 66.5 cm³/mol. The lowest BCUT2D eigenvalue weighted by Crippen LogP contribution is -2.34. The molecule has 2 N–H and O–H groups in total. The third-order valence-corrected chi connectivity index (χ3v) is 3.45. The minimum atomic E-state index is -0.390. The van der Waals surface area contributed by atoms with E-state index in [0.717, 1.165) is 25.9 Å². The summed E-state index contributed by atoms with van der Waals surface area (Å²) in [6.07, 6.45) is 1.88. The normalized spacial score (nSPS) is 18.1. The molecule has 0 saturated carbocycles. The van der Waals surface area contributed by atoms with Gasteiger partial charge in [0.25, 0.3) is 0 Å². The first kappa shape index (κ1) is 13.1. The van der Waals surface area contributed by atoms with Crippen LogP contribution in [-0.2, 0) is 6.54 Å². The summed E-state index contributed by atoms with van der Waals surface area (Å²) in [5, 5.41) is 18.7. The molecular weight excluding hydrogens is 234 g/mol. The number of piperidine rings is 1. The van der Waals surface area contributed by atoms with E-state index in [2.05, 4.69) is 4.90 Å². The summed E-state index contributed by atoms with van der Waals surface area (Å²) < 4.78 is 5.40. The number of nitrogens with zero attached hydrogens (tertiary/aromatic N) is 1. The molecule has 0 radical (unpaired) electrons. The topological polar surface area (TPSA) is 73.9 Å². The highest BCUT2D eigenvalue weighted by Gasteiger charge is 2.21. The smallest absolute Gasteiger partial charge is 0.227 e. The average molecular weight is 253 g/mol. The van der Waals surface area contributed by atoms with Crippen LogP contribution < -0.4 is 5.43 Å². The lowest BCUT2D eigenvalue weighted by atomic mass is 9.98. The van der Waals surface area contributed by atoms with Gasteiger partial charge in [0.15, 0.2) is 5.76 Å². The van der Waals surface area contributed by atoms with E-state index in [9.17, 15) is 9.90 Å². The average Bonchev–Trinajstić information content (AvgIpc) is 2.36. The number of rotatable bonds is 3. The van der Waals surface area contributed by atoms with Crippen molar-refractivity contribution >= 4 is 0 Å². The quantitative estimate of drug-likeness (QED) is 0.835. The van der Waals surface area contributed by atoms with Gasteiger partial charge in [-0.15, -0.1) is 0 Å². The fourth-order valence-corrected chi connectivity index (χ4v) is 2.30. The second-order valence-corrected chi connectivity index (χ2v) is 4.90. The number of aromatic hydroxyl groups is 1. The number of likely N-dealkylation sites (tertiary alicyclic amines) is 1. The molecule has 0 aromatic carbocycles. The van der Waals surface area contributed by atoms with Crippen LogP contribution in [-0.4, -0.2) is 34.8 Å². The van der Waals surface area contributed by atoms with Crippen LogP contribution in [0.1, 0.15) is 24.4 Å². The third-order valence-electron chi connectivity index (χ3n) is 3.45. The van der Waals surface area contributed by atoms with E-state index in [4.69, 9.17) is 9.52 Å². The number of aryl methyl sites for hydroxylation is 1. The number of aliphatic hydroxyl groups excluding tert-OH is 1. The summed E-state index contributed by atoms with van der Waals surface area (Å²) in [5.74, 6) is 0.935. The van der Waals surface area contributed by atoms with Crippen LogP contribution in [0.15, 0.2) is 15.3 Å². The predicted octanol–water partition coefficient (Wildman–Crippen LogP) is 0.858. The molecule has 0 bridgehead atoms. The molecule has 1 saturated heterocycles. The maximum atomic E-state index is 11.4. The SMILES string of the molecule is Cc1cc(=O)c(O)c(CN2CCC(CO)CC2)o1. The molecule has 1 aromatic heterocycles. The zero-order valence-electron chi connectivity index (χ0n) is 10.6. The molecule has 0 amide bonds. The van der Waals surface area contributed by atoms with Gasteiger partial charge in [0.1, 0.15) is 5.76 Å². The number of hydrogen-bond acceptors (Lipinski definition) is 5. The van der Waals surface area contributed by atoms with Crippen LogP contribution in [0.3, 0.4) is 0 Å². The van der Waals surface area contributed by atoms with E-state index in [1.807, 2.05) is 0 Å². The Balaban J connectivity index is 2.04. The Morgan fingerprint density at radius 3 is 2.72 bits per heavy atom. The Kier molecular flexibility index (Phi) is 4.04. The van der Waals surface area contributed by atoms with Crippen LogP contribution in [0, 0.1) is 12.8 Å². The molecule has 5 nitrogen and oxygen atoms in total. The molecule has 1 fully saturated rings. The fourth-order valence-electron chi connectivity index (χ4n) is 2.30. The van der Waals surface area contributed by atoms with Crippen molar-refractivity contribution in [2.75, 3.05) is 19.7 Å². The van der Waals surface area contributed by atoms with E-state index in [1.54, 1.807) is 6.92 Å². The van der Waals surface area contributed by atoms with Crippen molar-refractivity contribution in [2.24, 2.45) is 5.92 Å². The molecule has 5 heteroatoms. The summed E-state index contributed by atoms with van der Waals surface area (Å²) in [6, 6.07) is 1.29. The lowest BCUT2D eigenvalue weighted by Gasteiger charge is -2.30. The fraction of sp³-hybridized carbons (Fsp3) is 0.615. The second-order valence-electron chi connectivity index (χ2n) is 4.90. The van der Waals surface area contributed by atoms with Gasteiger partial charge in [0.05, 0.1) is 6.54 Å². The van der Waals surface area contributed by atoms with Crippen molar-refractivity contribution < 1.29 is 14.6 Å². The van der Waals surface area contributed by atoms with Crippen LogP contribution >= 0.6 is 0 Å². The van der Waals surface area contributed by atoms with Crippen molar-refractivity contribution in [3.8, 4) is 5.75 Å². The van der Waals surface area contributed by atoms with Crippen LogP contribution in [0.2, 0.25) is 0 Å². The molecule has 1 aliphatic heterocycles. The van der Waals surface area contributed by atoms with Gasteiger partial charge in [0, 0.05) is 12.7 Å². The zero-order chi connectivity index (χ0) is 13.1. The molecule has 1 aliphatic rings. The van der Waals surface area contributed by atoms with Crippen molar-refractivity contribution in [3.05, 3.63) is 27.8 Å². The van der Waals surface area contributed by atoms with Crippen LogP contribution in [0.5, 0.6) is 5.75 Å². The largest absolute Gasteiger partial charge is 0.502 e. The van der Waals surface area contributed by atoms with Crippen molar-refractivity contribution in [1.29, 1.82) is 0 Å². The zero-order valence-corrected chi connectivity index (χ0v) is 10.6. The van der Waals surface area contributed by atoms with Gasteiger partial charge in [-0.2, -0.15) is 0 Å². The molecule has 18 heavy (non-hydrogen) atoms. The molecule has 0 unspecified atom stereocenters. The molecule has 0 aliphatic carbocycles. The third kappa shape index (κ3) is 2.91. The highest BCUT2D eigenvalue weighted by molar-refractivity contribution is 5.24. The first-order valence-electron chi connectivity index (χ1n) is 6.26. The van der Waals surface area contributed by atoms with Crippen molar-refractivity contribution in [3.63, 3.8) is 0 Å². The Hall–Kier alpha value is -1.33. The summed E-state index contributed by atoms with van der Waals surface area (Å²) >= 11 is 0. The van der Waals surface area contributed by atoms with Crippen LogP contribution in [0.4, 0.5) is 0 Å². The Morgan fingerprint density at radius 2 is 2.11 bits per heavy atom. The highest BCUT2D eigenvalue weighted by Crippen LogP contribution is 2.21. The summed E-state index contributed by atoms with van der Waals surface area (Å²) in [6.45, 7) is 4.08. The van der Waals surface area contributed by atoms with Gasteiger partial charge in [-0.05, 0) is 38.8 Å². The summed E-state index contributed by atoms with van der Waals surface area (Å²) in [4.78, 5) is 13.6. The minimum Gasteiger partial charge on any atom is -0.502 e. The van der Waals surface area contributed by atoms with Crippen molar-refractivity contribution in [2.45, 2.75) is 26.3 Å². The molecular formula is C13H19NO4. The molecule has 100 valence electrons. The monoisotopic (exact) mass is 253 g/mol. The molecule has 0 atom stereocenters. The first-order valence-corrected chi connectivity index (χ1v) is 6.26. The van der Waals surface area contributed by atoms with Gasteiger partial charge in [0.2, 0.25) is 11.2 Å². The van der Waals surface area contributed by atoms with Gasteiger partial charge in [-0.1, -0.05) is 0 Å². The minimum absolute atomic E-state index is 0.235. The first-order chi connectivity index (χ1) is 8.60. The van der Waals surface area contributed by atoms with E-state index < -0.39 is 0 Å². The summed E-state index contributed by atoms with van der Waals surface area (Å²) in [7, 11) is 0. The lowest BCUT2D eigenvalue weighted by molar-refractivity contribution is 0.120. The molecule has 2 rings (SSSR count). The Morgan fingerprint density at radius 1 is 1.44 bits per heavy atom. The van der Waals surface area contributed by atoms with Crippen molar-refractivity contribution in [1.82, 2.24) is 4.90 Å².